The highest BCUT2D eigenvalue weighted by atomic mass is 19.1. The van der Waals surface area contributed by atoms with Gasteiger partial charge in [-0.2, -0.15) is 0 Å². The van der Waals surface area contributed by atoms with Crippen LogP contribution in [0.2, 0.25) is 0 Å². The second-order valence-corrected chi connectivity index (χ2v) is 7.61. The summed E-state index contributed by atoms with van der Waals surface area (Å²) in [6.07, 6.45) is 1.51. The number of carbonyl (C=O) groups excluding carboxylic acids is 2. The van der Waals surface area contributed by atoms with Gasteiger partial charge in [0.05, 0.1) is 22.9 Å². The number of hydrogen-bond acceptors (Lipinski definition) is 5. The van der Waals surface area contributed by atoms with Gasteiger partial charge in [-0.25, -0.2) is 9.37 Å². The monoisotopic (exact) mass is 437 g/mol. The largest absolute Gasteiger partial charge is 0.366 e. The molecular formula is C23H24FN5O3. The molecule has 1 aliphatic heterocycles. The van der Waals surface area contributed by atoms with E-state index in [1.165, 1.54) is 17.0 Å². The van der Waals surface area contributed by atoms with Crippen molar-refractivity contribution in [2.75, 3.05) is 37.6 Å². The fourth-order valence-corrected chi connectivity index (χ4v) is 3.80. The van der Waals surface area contributed by atoms with Gasteiger partial charge in [0.15, 0.2) is 0 Å². The average molecular weight is 437 g/mol. The van der Waals surface area contributed by atoms with Gasteiger partial charge >= 0.3 is 0 Å². The normalized spacial score (nSPS) is 13.9. The summed E-state index contributed by atoms with van der Waals surface area (Å²) in [5, 5.41) is 3.14. The van der Waals surface area contributed by atoms with Crippen molar-refractivity contribution in [3.63, 3.8) is 0 Å². The summed E-state index contributed by atoms with van der Waals surface area (Å²) in [6, 6.07) is 13.6. The van der Waals surface area contributed by atoms with Crippen molar-refractivity contribution in [1.29, 1.82) is 0 Å². The predicted molar refractivity (Wildman–Crippen MR) is 119 cm³/mol. The molecule has 2 aromatic carbocycles. The van der Waals surface area contributed by atoms with Crippen LogP contribution in [-0.2, 0) is 16.1 Å². The van der Waals surface area contributed by atoms with Crippen molar-refractivity contribution in [2.45, 2.75) is 13.0 Å². The molecular weight excluding hydrogens is 413 g/mol. The molecule has 4 rings (SSSR count). The molecule has 3 aromatic rings. The number of fused-ring (bicyclic) bond motifs is 1. The molecule has 0 radical (unpaired) electrons. The number of carbonyl (C=O) groups is 2. The zero-order chi connectivity index (χ0) is 22.5. The first-order valence-corrected chi connectivity index (χ1v) is 10.5. The Morgan fingerprint density at radius 2 is 1.72 bits per heavy atom. The number of benzene rings is 2. The van der Waals surface area contributed by atoms with Crippen LogP contribution >= 0.6 is 0 Å². The Morgan fingerprint density at radius 3 is 2.50 bits per heavy atom. The zero-order valence-corrected chi connectivity index (χ0v) is 17.5. The molecule has 0 bridgehead atoms. The number of nitrogens with one attached hydrogen (secondary N) is 1. The maximum absolute atomic E-state index is 13.9. The first kappa shape index (κ1) is 21.5. The SMILES string of the molecule is O=C(Cn1cnc2ccccc2c1=O)NCCC(=O)N1CCN(c2ccccc2F)CC1. The number of nitrogens with zero attached hydrogens (tertiary/aromatic N) is 4. The fourth-order valence-electron chi connectivity index (χ4n) is 3.80. The van der Waals surface area contributed by atoms with Gasteiger partial charge in [-0.3, -0.25) is 19.0 Å². The first-order chi connectivity index (χ1) is 15.5. The summed E-state index contributed by atoms with van der Waals surface area (Å²) in [5.41, 5.74) is 0.842. The summed E-state index contributed by atoms with van der Waals surface area (Å²) in [4.78, 5) is 45.0. The van der Waals surface area contributed by atoms with E-state index in [2.05, 4.69) is 10.3 Å². The number of para-hydroxylation sites is 2. The lowest BCUT2D eigenvalue weighted by molar-refractivity contribution is -0.131. The summed E-state index contributed by atoms with van der Waals surface area (Å²) >= 11 is 0. The van der Waals surface area contributed by atoms with Crippen molar-refractivity contribution in [2.24, 2.45) is 0 Å². The van der Waals surface area contributed by atoms with Crippen LogP contribution in [0.3, 0.4) is 0 Å². The average Bonchev–Trinajstić information content (AvgIpc) is 2.81. The quantitative estimate of drug-likeness (QED) is 0.630. The molecule has 1 fully saturated rings. The topological polar surface area (TPSA) is 87.5 Å². The maximum atomic E-state index is 13.9. The van der Waals surface area contributed by atoms with Gasteiger partial charge in [-0.1, -0.05) is 24.3 Å². The first-order valence-electron chi connectivity index (χ1n) is 10.5. The minimum Gasteiger partial charge on any atom is -0.366 e. The molecule has 0 unspecified atom stereocenters. The van der Waals surface area contributed by atoms with Crippen molar-refractivity contribution in [3.8, 4) is 0 Å². The van der Waals surface area contributed by atoms with Gasteiger partial charge in [0, 0.05) is 39.1 Å². The molecule has 0 atom stereocenters. The highest BCUT2D eigenvalue weighted by Crippen LogP contribution is 2.20. The number of aromatic nitrogens is 2. The van der Waals surface area contributed by atoms with Crippen molar-refractivity contribution in [3.05, 3.63) is 71.0 Å². The van der Waals surface area contributed by atoms with E-state index in [0.29, 0.717) is 42.8 Å². The number of hydrogen-bond donors (Lipinski definition) is 1. The number of amides is 2. The molecule has 0 spiro atoms. The van der Waals surface area contributed by atoms with E-state index >= 15 is 0 Å². The zero-order valence-electron chi connectivity index (χ0n) is 17.5. The third-order valence-corrected chi connectivity index (χ3v) is 5.53. The second-order valence-electron chi connectivity index (χ2n) is 7.61. The summed E-state index contributed by atoms with van der Waals surface area (Å²) in [6.45, 7) is 2.12. The van der Waals surface area contributed by atoms with Crippen LogP contribution in [0, 0.1) is 5.82 Å². The van der Waals surface area contributed by atoms with Crippen molar-refractivity contribution < 1.29 is 14.0 Å². The molecule has 2 heterocycles. The number of anilines is 1. The molecule has 1 aliphatic rings. The molecule has 166 valence electrons. The number of rotatable bonds is 6. The van der Waals surface area contributed by atoms with Crippen LogP contribution in [0.1, 0.15) is 6.42 Å². The molecule has 1 saturated heterocycles. The summed E-state index contributed by atoms with van der Waals surface area (Å²) in [7, 11) is 0. The van der Waals surface area contributed by atoms with E-state index in [4.69, 9.17) is 0 Å². The Kier molecular flexibility index (Phi) is 6.44. The molecule has 0 aliphatic carbocycles. The van der Waals surface area contributed by atoms with Gasteiger partial charge in [0.1, 0.15) is 12.4 Å². The van der Waals surface area contributed by atoms with E-state index < -0.39 is 0 Å². The standard InChI is InChI=1S/C23H24FN5O3/c24-18-6-2-4-8-20(18)27-11-13-28(14-12-27)22(31)9-10-25-21(30)15-29-16-26-19-7-3-1-5-17(19)23(29)32/h1-8,16H,9-15H2,(H,25,30). The lowest BCUT2D eigenvalue weighted by Crippen LogP contribution is -2.49. The van der Waals surface area contributed by atoms with Crippen LogP contribution in [0.15, 0.2) is 59.7 Å². The molecule has 32 heavy (non-hydrogen) atoms. The summed E-state index contributed by atoms with van der Waals surface area (Å²) < 4.78 is 15.2. The highest BCUT2D eigenvalue weighted by Gasteiger charge is 2.22. The van der Waals surface area contributed by atoms with Crippen LogP contribution < -0.4 is 15.8 Å². The third-order valence-electron chi connectivity index (χ3n) is 5.53. The van der Waals surface area contributed by atoms with Gasteiger partial charge < -0.3 is 15.1 Å². The Bertz CT molecular complexity index is 1190. The third kappa shape index (κ3) is 4.77. The lowest BCUT2D eigenvalue weighted by atomic mass is 10.2. The fraction of sp³-hybridized carbons (Fsp3) is 0.304. The molecule has 1 aromatic heterocycles. The minimum absolute atomic E-state index is 0.0666. The Balaban J connectivity index is 1.23. The maximum Gasteiger partial charge on any atom is 0.261 e. The van der Waals surface area contributed by atoms with Gasteiger partial charge in [0.25, 0.3) is 5.56 Å². The number of piperazine rings is 1. The predicted octanol–water partition coefficient (Wildman–Crippen LogP) is 1.39. The van der Waals surface area contributed by atoms with E-state index in [-0.39, 0.29) is 42.7 Å². The molecule has 2 amide bonds. The second kappa shape index (κ2) is 9.59. The van der Waals surface area contributed by atoms with Gasteiger partial charge in [-0.05, 0) is 24.3 Å². The van der Waals surface area contributed by atoms with Crippen LogP contribution in [-0.4, -0.2) is 59.0 Å². The smallest absolute Gasteiger partial charge is 0.261 e. The van der Waals surface area contributed by atoms with E-state index in [9.17, 15) is 18.8 Å². The van der Waals surface area contributed by atoms with Gasteiger partial charge in [-0.15, -0.1) is 0 Å². The minimum atomic E-state index is -0.360. The van der Waals surface area contributed by atoms with Crippen LogP contribution in [0.25, 0.3) is 10.9 Å². The Hall–Kier alpha value is -3.75. The molecule has 9 heteroatoms. The van der Waals surface area contributed by atoms with E-state index in [0.717, 1.165) is 0 Å². The van der Waals surface area contributed by atoms with Crippen LogP contribution in [0.4, 0.5) is 10.1 Å². The Morgan fingerprint density at radius 1 is 1.00 bits per heavy atom. The molecule has 1 N–H and O–H groups in total. The van der Waals surface area contributed by atoms with Gasteiger partial charge in [0.2, 0.25) is 11.8 Å². The molecule has 8 nitrogen and oxygen atoms in total. The van der Waals surface area contributed by atoms with Crippen molar-refractivity contribution in [1.82, 2.24) is 19.8 Å². The number of halogens is 1. The van der Waals surface area contributed by atoms with E-state index in [1.54, 1.807) is 47.4 Å². The van der Waals surface area contributed by atoms with Crippen molar-refractivity contribution >= 4 is 28.4 Å². The molecule has 0 saturated carbocycles. The van der Waals surface area contributed by atoms with E-state index in [1.807, 2.05) is 4.90 Å². The Labute approximate surface area is 184 Å². The van der Waals surface area contributed by atoms with Crippen LogP contribution in [0.5, 0.6) is 0 Å². The highest BCUT2D eigenvalue weighted by molar-refractivity contribution is 5.80. The summed E-state index contributed by atoms with van der Waals surface area (Å²) in [5.74, 6) is -0.694. The lowest BCUT2D eigenvalue weighted by Gasteiger charge is -2.36.